The predicted molar refractivity (Wildman–Crippen MR) is 112 cm³/mol. The van der Waals surface area contributed by atoms with Crippen molar-refractivity contribution in [2.24, 2.45) is 0 Å². The molecule has 0 aliphatic rings. The van der Waals surface area contributed by atoms with Gasteiger partial charge in [0.25, 0.3) is 5.91 Å². The van der Waals surface area contributed by atoms with Crippen molar-refractivity contribution in [1.82, 2.24) is 10.2 Å². The van der Waals surface area contributed by atoms with Crippen molar-refractivity contribution < 1.29 is 4.79 Å². The fourth-order valence-electron chi connectivity index (χ4n) is 2.66. The summed E-state index contributed by atoms with van der Waals surface area (Å²) in [5, 5.41) is 19.8. The number of carbonyl (C=O) groups excluding carboxylic acids is 1. The molecule has 3 rings (SSSR count). The molecule has 2 aromatic carbocycles. The van der Waals surface area contributed by atoms with E-state index in [9.17, 15) is 10.1 Å². The molecule has 3 aromatic rings. The van der Waals surface area contributed by atoms with E-state index in [2.05, 4.69) is 42.4 Å². The van der Waals surface area contributed by atoms with Crippen molar-refractivity contribution in [2.45, 2.75) is 37.0 Å². The average molecular weight is 391 g/mol. The van der Waals surface area contributed by atoms with Crippen molar-refractivity contribution >= 4 is 23.5 Å². The fourth-order valence-corrected chi connectivity index (χ4v) is 3.56. The first-order valence-corrected chi connectivity index (χ1v) is 9.94. The van der Waals surface area contributed by atoms with Gasteiger partial charge in [0.2, 0.25) is 0 Å². The Balaban J connectivity index is 1.71. The molecule has 0 spiro atoms. The molecule has 5 nitrogen and oxygen atoms in total. The first kappa shape index (κ1) is 19.7. The molecule has 0 unspecified atom stereocenters. The van der Waals surface area contributed by atoms with Gasteiger partial charge < -0.3 is 5.32 Å². The summed E-state index contributed by atoms with van der Waals surface area (Å²) in [5.74, 6) is 0.741. The molecule has 0 fully saturated rings. The summed E-state index contributed by atoms with van der Waals surface area (Å²) in [4.78, 5) is 12.6. The predicted octanol–water partition coefficient (Wildman–Crippen LogP) is 5.12. The highest BCUT2D eigenvalue weighted by molar-refractivity contribution is 7.98. The number of hydrogen-bond donors (Lipinski definition) is 2. The zero-order valence-corrected chi connectivity index (χ0v) is 16.9. The van der Waals surface area contributed by atoms with Crippen LogP contribution >= 0.6 is 11.8 Å². The van der Waals surface area contributed by atoms with Crippen LogP contribution in [0, 0.1) is 11.3 Å². The lowest BCUT2D eigenvalue weighted by Crippen LogP contribution is -2.15. The van der Waals surface area contributed by atoms with Crippen molar-refractivity contribution in [3.63, 3.8) is 0 Å². The maximum absolute atomic E-state index is 12.6. The van der Waals surface area contributed by atoms with E-state index in [4.69, 9.17) is 0 Å². The summed E-state index contributed by atoms with van der Waals surface area (Å²) in [6.07, 6.45) is 0. The quantitative estimate of drug-likeness (QED) is 0.592. The van der Waals surface area contributed by atoms with Crippen LogP contribution in [0.15, 0.2) is 59.6 Å². The second-order valence-corrected chi connectivity index (χ2v) is 8.41. The van der Waals surface area contributed by atoms with Gasteiger partial charge in [0, 0.05) is 11.3 Å². The number of hydrogen-bond acceptors (Lipinski definition) is 4. The lowest BCUT2D eigenvalue weighted by molar-refractivity contribution is 0.102. The van der Waals surface area contributed by atoms with Crippen LogP contribution in [0.25, 0.3) is 0 Å². The fraction of sp³-hybridized carbons (Fsp3) is 0.227. The number of aromatic nitrogens is 2. The number of aromatic amines is 1. The standard InChI is InChI=1S/C22H22N4OS/c1-22(2,3)17-11-9-16(10-12-17)20(27)24-19-18(13-23)21(26-25-19)28-14-15-7-5-4-6-8-15/h4-12H,14H2,1-3H3,(H2,24,25,26,27). The molecule has 1 heterocycles. The van der Waals surface area contributed by atoms with Gasteiger partial charge in [-0.25, -0.2) is 0 Å². The molecule has 6 heteroatoms. The number of thioether (sulfide) groups is 1. The van der Waals surface area contributed by atoms with E-state index in [1.165, 1.54) is 11.8 Å². The zero-order valence-electron chi connectivity index (χ0n) is 16.1. The summed E-state index contributed by atoms with van der Waals surface area (Å²) in [7, 11) is 0. The molecule has 0 atom stereocenters. The third-order valence-electron chi connectivity index (χ3n) is 4.31. The maximum atomic E-state index is 12.6. The molecule has 0 aliphatic carbocycles. The molecule has 0 aliphatic heterocycles. The maximum Gasteiger partial charge on any atom is 0.256 e. The number of amides is 1. The summed E-state index contributed by atoms with van der Waals surface area (Å²) >= 11 is 1.46. The normalized spacial score (nSPS) is 11.1. The summed E-state index contributed by atoms with van der Waals surface area (Å²) < 4.78 is 0. The number of H-pyrrole nitrogens is 1. The Hall–Kier alpha value is -3.04. The molecular weight excluding hydrogens is 368 g/mol. The van der Waals surface area contributed by atoms with Gasteiger partial charge in [-0.3, -0.25) is 9.89 Å². The van der Waals surface area contributed by atoms with Crippen LogP contribution in [0.3, 0.4) is 0 Å². The van der Waals surface area contributed by atoms with E-state index in [1.807, 2.05) is 42.5 Å². The number of anilines is 1. The zero-order chi connectivity index (χ0) is 20.1. The van der Waals surface area contributed by atoms with E-state index in [-0.39, 0.29) is 11.3 Å². The van der Waals surface area contributed by atoms with Crippen molar-refractivity contribution in [1.29, 1.82) is 5.26 Å². The van der Waals surface area contributed by atoms with E-state index in [0.717, 1.165) is 11.1 Å². The van der Waals surface area contributed by atoms with Crippen molar-refractivity contribution in [3.8, 4) is 6.07 Å². The Bertz CT molecular complexity index is 996. The van der Waals surface area contributed by atoms with Crippen LogP contribution in [-0.4, -0.2) is 16.1 Å². The van der Waals surface area contributed by atoms with Crippen LogP contribution < -0.4 is 5.32 Å². The molecule has 142 valence electrons. The lowest BCUT2D eigenvalue weighted by Gasteiger charge is -2.19. The second-order valence-electron chi connectivity index (χ2n) is 7.45. The molecule has 1 aromatic heterocycles. The number of rotatable bonds is 5. The Morgan fingerprint density at radius 2 is 1.82 bits per heavy atom. The summed E-state index contributed by atoms with van der Waals surface area (Å²) in [6.45, 7) is 6.38. The number of carbonyl (C=O) groups is 1. The molecular formula is C22H22N4OS. The van der Waals surface area contributed by atoms with Gasteiger partial charge in [-0.05, 0) is 28.7 Å². The van der Waals surface area contributed by atoms with E-state index in [0.29, 0.717) is 27.7 Å². The summed E-state index contributed by atoms with van der Waals surface area (Å²) in [6, 6.07) is 19.6. The van der Waals surface area contributed by atoms with Gasteiger partial charge in [0.05, 0.1) is 0 Å². The lowest BCUT2D eigenvalue weighted by atomic mass is 9.87. The van der Waals surface area contributed by atoms with E-state index < -0.39 is 0 Å². The molecule has 0 saturated heterocycles. The van der Waals surface area contributed by atoms with E-state index in [1.54, 1.807) is 12.1 Å². The highest BCUT2D eigenvalue weighted by Crippen LogP contribution is 2.28. The molecule has 28 heavy (non-hydrogen) atoms. The Morgan fingerprint density at radius 1 is 1.14 bits per heavy atom. The number of nitrogens with one attached hydrogen (secondary N) is 2. The molecule has 1 amide bonds. The van der Waals surface area contributed by atoms with Gasteiger partial charge in [0.1, 0.15) is 22.5 Å². The topological polar surface area (TPSA) is 81.6 Å². The smallest absolute Gasteiger partial charge is 0.256 e. The number of nitrogens with zero attached hydrogens (tertiary/aromatic N) is 2. The van der Waals surface area contributed by atoms with E-state index >= 15 is 0 Å². The molecule has 2 N–H and O–H groups in total. The van der Waals surface area contributed by atoms with Gasteiger partial charge in [-0.1, -0.05) is 75.0 Å². The first-order chi connectivity index (χ1) is 13.4. The molecule has 0 saturated carbocycles. The summed E-state index contributed by atoms with van der Waals surface area (Å²) in [5.41, 5.74) is 3.20. The van der Waals surface area contributed by atoms with Gasteiger partial charge >= 0.3 is 0 Å². The first-order valence-electron chi connectivity index (χ1n) is 8.95. The average Bonchev–Trinajstić information content (AvgIpc) is 3.08. The molecule has 0 bridgehead atoms. The SMILES string of the molecule is CC(C)(C)c1ccc(C(=O)Nc2[nH]nc(SCc3ccccc3)c2C#N)cc1. The van der Waals surface area contributed by atoms with Crippen LogP contribution in [-0.2, 0) is 11.2 Å². The van der Waals surface area contributed by atoms with Gasteiger partial charge in [0.15, 0.2) is 0 Å². The minimum Gasteiger partial charge on any atom is -0.306 e. The van der Waals surface area contributed by atoms with Crippen LogP contribution in [0.1, 0.15) is 47.8 Å². The number of benzene rings is 2. The van der Waals surface area contributed by atoms with Crippen molar-refractivity contribution in [3.05, 3.63) is 76.9 Å². The number of nitriles is 1. The van der Waals surface area contributed by atoms with Crippen molar-refractivity contribution in [2.75, 3.05) is 5.32 Å². The molecule has 0 radical (unpaired) electrons. The van der Waals surface area contributed by atoms with Gasteiger partial charge in [-0.2, -0.15) is 10.4 Å². The monoisotopic (exact) mass is 390 g/mol. The minimum atomic E-state index is -0.278. The van der Waals surface area contributed by atoms with Crippen LogP contribution in [0.2, 0.25) is 0 Å². The Kier molecular flexibility index (Phi) is 5.86. The Morgan fingerprint density at radius 3 is 2.43 bits per heavy atom. The van der Waals surface area contributed by atoms with Crippen LogP contribution in [0.5, 0.6) is 0 Å². The third kappa shape index (κ3) is 4.62. The largest absolute Gasteiger partial charge is 0.306 e. The van der Waals surface area contributed by atoms with Crippen LogP contribution in [0.4, 0.5) is 5.82 Å². The van der Waals surface area contributed by atoms with Gasteiger partial charge in [-0.15, -0.1) is 0 Å². The highest BCUT2D eigenvalue weighted by atomic mass is 32.2. The minimum absolute atomic E-state index is 0.0250. The highest BCUT2D eigenvalue weighted by Gasteiger charge is 2.18. The Labute approximate surface area is 169 Å². The second kappa shape index (κ2) is 8.32. The third-order valence-corrected chi connectivity index (χ3v) is 5.36.